The van der Waals surface area contributed by atoms with Gasteiger partial charge in [-0.1, -0.05) is 35.4 Å². The van der Waals surface area contributed by atoms with E-state index in [4.69, 9.17) is 16.3 Å². The third-order valence-electron chi connectivity index (χ3n) is 4.78. The fourth-order valence-corrected chi connectivity index (χ4v) is 4.66. The highest BCUT2D eigenvalue weighted by molar-refractivity contribution is 7.92. The summed E-state index contributed by atoms with van der Waals surface area (Å²) in [5, 5.41) is 3.14. The van der Waals surface area contributed by atoms with Gasteiger partial charge in [0.05, 0.1) is 17.7 Å². The van der Waals surface area contributed by atoms with Gasteiger partial charge in [-0.05, 0) is 67.9 Å². The molecule has 0 aliphatic rings. The molecule has 3 aromatic rings. The molecule has 0 bridgehead atoms. The van der Waals surface area contributed by atoms with Crippen LogP contribution in [0, 0.1) is 13.8 Å². The summed E-state index contributed by atoms with van der Waals surface area (Å²) in [6, 6.07) is 18.2. The molecule has 0 aliphatic carbocycles. The predicted molar refractivity (Wildman–Crippen MR) is 124 cm³/mol. The molecule has 1 amide bonds. The molecular formula is C23H23ClN2O4S. The van der Waals surface area contributed by atoms with Gasteiger partial charge in [0.1, 0.15) is 12.3 Å². The molecule has 0 aliphatic heterocycles. The Balaban J connectivity index is 1.96. The fraction of sp³-hybridized carbons (Fsp3) is 0.174. The van der Waals surface area contributed by atoms with Gasteiger partial charge in [0.15, 0.2) is 0 Å². The van der Waals surface area contributed by atoms with Crippen LogP contribution in [-0.4, -0.2) is 28.0 Å². The first-order valence-corrected chi connectivity index (χ1v) is 11.3. The molecule has 0 spiro atoms. The molecule has 0 aromatic heterocycles. The molecule has 8 heteroatoms. The first-order chi connectivity index (χ1) is 14.7. The van der Waals surface area contributed by atoms with Crippen LogP contribution in [0.4, 0.5) is 11.4 Å². The third-order valence-corrected chi connectivity index (χ3v) is 6.96. The molecule has 0 saturated heterocycles. The Morgan fingerprint density at radius 2 is 1.65 bits per heavy atom. The molecule has 6 nitrogen and oxygen atoms in total. The van der Waals surface area contributed by atoms with Gasteiger partial charge < -0.3 is 10.1 Å². The van der Waals surface area contributed by atoms with Crippen molar-refractivity contribution in [2.75, 3.05) is 23.3 Å². The smallest absolute Gasteiger partial charge is 0.264 e. The van der Waals surface area contributed by atoms with E-state index in [1.807, 2.05) is 6.92 Å². The molecule has 0 saturated carbocycles. The summed E-state index contributed by atoms with van der Waals surface area (Å²) in [6.07, 6.45) is 0. The van der Waals surface area contributed by atoms with E-state index in [1.165, 1.54) is 12.1 Å². The fourth-order valence-electron chi connectivity index (χ4n) is 3.01. The average molecular weight is 459 g/mol. The number of hydrogen-bond acceptors (Lipinski definition) is 4. The van der Waals surface area contributed by atoms with Gasteiger partial charge in [-0.25, -0.2) is 8.42 Å². The van der Waals surface area contributed by atoms with Crippen LogP contribution >= 0.6 is 11.6 Å². The number of aryl methyl sites for hydroxylation is 1. The Hall–Kier alpha value is -3.03. The van der Waals surface area contributed by atoms with Gasteiger partial charge in [0.2, 0.25) is 5.91 Å². The van der Waals surface area contributed by atoms with Crippen LogP contribution in [0.5, 0.6) is 5.75 Å². The van der Waals surface area contributed by atoms with Crippen molar-refractivity contribution in [2.45, 2.75) is 18.7 Å². The number of hydrogen-bond donors (Lipinski definition) is 1. The van der Waals surface area contributed by atoms with Crippen molar-refractivity contribution in [1.29, 1.82) is 0 Å². The van der Waals surface area contributed by atoms with Gasteiger partial charge in [-0.15, -0.1) is 0 Å². The zero-order valence-electron chi connectivity index (χ0n) is 17.4. The quantitative estimate of drug-likeness (QED) is 0.551. The molecule has 0 fully saturated rings. The van der Waals surface area contributed by atoms with Crippen LogP contribution in [0.15, 0.2) is 71.6 Å². The number of amides is 1. The van der Waals surface area contributed by atoms with E-state index in [0.717, 1.165) is 9.87 Å². The van der Waals surface area contributed by atoms with Crippen molar-refractivity contribution in [3.8, 4) is 5.75 Å². The Kier molecular flexibility index (Phi) is 6.87. The normalized spacial score (nSPS) is 11.1. The maximum absolute atomic E-state index is 13.5. The Morgan fingerprint density at radius 3 is 2.26 bits per heavy atom. The number of nitrogens with one attached hydrogen (secondary N) is 1. The highest BCUT2D eigenvalue weighted by atomic mass is 35.5. The van der Waals surface area contributed by atoms with E-state index in [1.54, 1.807) is 68.6 Å². The minimum absolute atomic E-state index is 0.0923. The number of sulfonamides is 1. The summed E-state index contributed by atoms with van der Waals surface area (Å²) >= 11 is 6.24. The molecule has 31 heavy (non-hydrogen) atoms. The van der Waals surface area contributed by atoms with Crippen LogP contribution < -0.4 is 14.4 Å². The molecule has 0 heterocycles. The van der Waals surface area contributed by atoms with E-state index in [2.05, 4.69) is 5.32 Å². The van der Waals surface area contributed by atoms with E-state index >= 15 is 0 Å². The van der Waals surface area contributed by atoms with Crippen LogP contribution in [0.25, 0.3) is 0 Å². The first-order valence-electron chi connectivity index (χ1n) is 9.51. The number of carbonyl (C=O) groups is 1. The van der Waals surface area contributed by atoms with Gasteiger partial charge in [-0.3, -0.25) is 9.10 Å². The Labute approximate surface area is 187 Å². The highest BCUT2D eigenvalue weighted by Crippen LogP contribution is 2.31. The summed E-state index contributed by atoms with van der Waals surface area (Å²) < 4.78 is 33.1. The van der Waals surface area contributed by atoms with Crippen molar-refractivity contribution in [1.82, 2.24) is 0 Å². The lowest BCUT2D eigenvalue weighted by molar-refractivity contribution is -0.114. The van der Waals surface area contributed by atoms with Gasteiger partial charge in [0.25, 0.3) is 10.0 Å². The molecule has 1 N–H and O–H groups in total. The summed E-state index contributed by atoms with van der Waals surface area (Å²) in [5.74, 6) is 0.163. The molecule has 162 valence electrons. The lowest BCUT2D eigenvalue weighted by Gasteiger charge is -2.26. The maximum atomic E-state index is 13.5. The van der Waals surface area contributed by atoms with Crippen molar-refractivity contribution >= 4 is 38.9 Å². The topological polar surface area (TPSA) is 75.7 Å². The number of benzene rings is 3. The summed E-state index contributed by atoms with van der Waals surface area (Å²) in [6.45, 7) is 3.18. The van der Waals surface area contributed by atoms with Crippen LogP contribution in [0.3, 0.4) is 0 Å². The summed E-state index contributed by atoms with van der Waals surface area (Å²) in [4.78, 5) is 12.9. The van der Waals surface area contributed by atoms with E-state index in [0.29, 0.717) is 27.7 Å². The van der Waals surface area contributed by atoms with Crippen LogP contribution in [-0.2, 0) is 14.8 Å². The standard InChI is InChI=1S/C23H23ClN2O4S/c1-16-7-13-20(14-8-16)31(28,29)26(22-6-4-5-21(24)17(22)2)15-23(27)25-18-9-11-19(30-3)12-10-18/h4-14H,15H2,1-3H3,(H,25,27). The number of ether oxygens (including phenoxy) is 1. The second-order valence-corrected chi connectivity index (χ2v) is 9.25. The second-order valence-electron chi connectivity index (χ2n) is 6.99. The largest absolute Gasteiger partial charge is 0.497 e. The summed E-state index contributed by atoms with van der Waals surface area (Å²) in [7, 11) is -2.46. The minimum atomic E-state index is -4.01. The van der Waals surface area contributed by atoms with Crippen molar-refractivity contribution in [3.63, 3.8) is 0 Å². The predicted octanol–water partition coefficient (Wildman–Crippen LogP) is 4.80. The van der Waals surface area contributed by atoms with Gasteiger partial charge in [-0.2, -0.15) is 0 Å². The van der Waals surface area contributed by atoms with E-state index in [9.17, 15) is 13.2 Å². The third kappa shape index (κ3) is 5.18. The second kappa shape index (κ2) is 9.41. The number of methoxy groups -OCH3 is 1. The van der Waals surface area contributed by atoms with Gasteiger partial charge in [0, 0.05) is 10.7 Å². The molecule has 0 unspecified atom stereocenters. The lowest BCUT2D eigenvalue weighted by atomic mass is 10.2. The first kappa shape index (κ1) is 22.7. The SMILES string of the molecule is COc1ccc(NC(=O)CN(c2cccc(Cl)c2C)S(=O)(=O)c2ccc(C)cc2)cc1. The van der Waals surface area contributed by atoms with Crippen molar-refractivity contribution in [3.05, 3.63) is 82.9 Å². The summed E-state index contributed by atoms with van der Waals surface area (Å²) in [5.41, 5.74) is 2.37. The van der Waals surface area contributed by atoms with E-state index in [-0.39, 0.29) is 4.90 Å². The number of carbonyl (C=O) groups excluding carboxylic acids is 1. The van der Waals surface area contributed by atoms with Gasteiger partial charge >= 0.3 is 0 Å². The number of rotatable bonds is 7. The zero-order valence-corrected chi connectivity index (χ0v) is 19.0. The number of halogens is 1. The minimum Gasteiger partial charge on any atom is -0.497 e. The Bertz CT molecular complexity index is 1180. The van der Waals surface area contributed by atoms with Crippen LogP contribution in [0.1, 0.15) is 11.1 Å². The molecular weight excluding hydrogens is 436 g/mol. The Morgan fingerprint density at radius 1 is 1.00 bits per heavy atom. The average Bonchev–Trinajstić information content (AvgIpc) is 2.75. The van der Waals surface area contributed by atoms with Crippen LogP contribution in [0.2, 0.25) is 5.02 Å². The highest BCUT2D eigenvalue weighted by Gasteiger charge is 2.28. The lowest BCUT2D eigenvalue weighted by Crippen LogP contribution is -2.38. The molecule has 0 atom stereocenters. The maximum Gasteiger partial charge on any atom is 0.264 e. The molecule has 3 rings (SSSR count). The molecule has 0 radical (unpaired) electrons. The zero-order chi connectivity index (χ0) is 22.6. The number of anilines is 2. The molecule has 3 aromatic carbocycles. The number of nitrogens with zero attached hydrogens (tertiary/aromatic N) is 1. The van der Waals surface area contributed by atoms with E-state index < -0.39 is 22.5 Å². The van der Waals surface area contributed by atoms with Crippen molar-refractivity contribution in [2.24, 2.45) is 0 Å². The van der Waals surface area contributed by atoms with Crippen molar-refractivity contribution < 1.29 is 17.9 Å². The monoisotopic (exact) mass is 458 g/mol.